The number of halogens is 1. The smallest absolute Gasteiger partial charge is 0.336 e. The third-order valence-electron chi connectivity index (χ3n) is 2.75. The molecule has 0 atom stereocenters. The van der Waals surface area contributed by atoms with Gasteiger partial charge in [-0.1, -0.05) is 15.9 Å². The van der Waals surface area contributed by atoms with Crippen LogP contribution in [0, 0.1) is 27.7 Å². The van der Waals surface area contributed by atoms with Gasteiger partial charge in [0.2, 0.25) is 0 Å². The van der Waals surface area contributed by atoms with Crippen molar-refractivity contribution in [1.29, 1.82) is 0 Å². The van der Waals surface area contributed by atoms with Gasteiger partial charge in [-0.05, 0) is 49.9 Å². The summed E-state index contributed by atoms with van der Waals surface area (Å²) in [5.74, 6) is -0.848. The van der Waals surface area contributed by atoms with Gasteiger partial charge in [0.05, 0.1) is 5.56 Å². The molecule has 0 bridgehead atoms. The summed E-state index contributed by atoms with van der Waals surface area (Å²) in [6.07, 6.45) is 0. The summed E-state index contributed by atoms with van der Waals surface area (Å²) >= 11 is 3.47. The molecule has 2 nitrogen and oxygen atoms in total. The maximum Gasteiger partial charge on any atom is 0.336 e. The van der Waals surface area contributed by atoms with Gasteiger partial charge in [0.15, 0.2) is 0 Å². The molecule has 1 rings (SSSR count). The van der Waals surface area contributed by atoms with Gasteiger partial charge in [0.25, 0.3) is 0 Å². The molecule has 0 aliphatic heterocycles. The standard InChI is InChI=1S/C11H13BrO2/c1-5-7(3)10(12)8(4)6(2)9(5)11(13)14/h1-4H3,(H,13,14). The first-order valence-corrected chi connectivity index (χ1v) is 5.16. The van der Waals surface area contributed by atoms with Crippen molar-refractivity contribution in [2.75, 3.05) is 0 Å². The molecule has 0 aliphatic rings. The zero-order valence-corrected chi connectivity index (χ0v) is 10.3. The van der Waals surface area contributed by atoms with Gasteiger partial charge in [0, 0.05) is 4.47 Å². The van der Waals surface area contributed by atoms with Gasteiger partial charge in [-0.15, -0.1) is 0 Å². The lowest BCUT2D eigenvalue weighted by molar-refractivity contribution is 0.0695. The lowest BCUT2D eigenvalue weighted by Gasteiger charge is -2.14. The number of benzene rings is 1. The highest BCUT2D eigenvalue weighted by atomic mass is 79.9. The highest BCUT2D eigenvalue weighted by Gasteiger charge is 2.17. The van der Waals surface area contributed by atoms with Crippen molar-refractivity contribution in [3.8, 4) is 0 Å². The Morgan fingerprint density at radius 2 is 1.36 bits per heavy atom. The average Bonchev–Trinajstić information content (AvgIpc) is 2.11. The molecule has 0 aliphatic carbocycles. The highest BCUT2D eigenvalue weighted by molar-refractivity contribution is 9.10. The van der Waals surface area contributed by atoms with Gasteiger partial charge in [-0.2, -0.15) is 0 Å². The Balaban J connectivity index is 3.68. The maximum absolute atomic E-state index is 11.0. The van der Waals surface area contributed by atoms with E-state index in [1.165, 1.54) is 0 Å². The van der Waals surface area contributed by atoms with E-state index in [-0.39, 0.29) is 0 Å². The van der Waals surface area contributed by atoms with E-state index in [1.54, 1.807) is 0 Å². The molecule has 0 amide bonds. The van der Waals surface area contributed by atoms with E-state index in [0.717, 1.165) is 26.7 Å². The monoisotopic (exact) mass is 256 g/mol. The molecule has 0 unspecified atom stereocenters. The zero-order valence-electron chi connectivity index (χ0n) is 8.73. The van der Waals surface area contributed by atoms with Crippen LogP contribution in [0.3, 0.4) is 0 Å². The number of aromatic carboxylic acids is 1. The Kier molecular flexibility index (Phi) is 3.00. The second-order valence-corrected chi connectivity index (χ2v) is 4.29. The summed E-state index contributed by atoms with van der Waals surface area (Å²) in [5.41, 5.74) is 4.12. The minimum atomic E-state index is -0.848. The summed E-state index contributed by atoms with van der Waals surface area (Å²) in [6, 6.07) is 0. The average molecular weight is 257 g/mol. The molecular weight excluding hydrogens is 244 g/mol. The fourth-order valence-electron chi connectivity index (χ4n) is 1.59. The first kappa shape index (κ1) is 11.2. The van der Waals surface area contributed by atoms with Crippen LogP contribution in [0.4, 0.5) is 0 Å². The summed E-state index contributed by atoms with van der Waals surface area (Å²) in [4.78, 5) is 11.0. The molecule has 0 fully saturated rings. The molecule has 1 N–H and O–H groups in total. The first-order chi connectivity index (χ1) is 6.37. The van der Waals surface area contributed by atoms with Gasteiger partial charge in [0.1, 0.15) is 0 Å². The Morgan fingerprint density at radius 3 is 1.64 bits per heavy atom. The molecule has 1 aromatic rings. The number of rotatable bonds is 1. The van der Waals surface area contributed by atoms with Gasteiger partial charge >= 0.3 is 5.97 Å². The number of hydrogen-bond acceptors (Lipinski definition) is 1. The minimum absolute atomic E-state index is 0.434. The maximum atomic E-state index is 11.0. The third kappa shape index (κ3) is 1.57. The molecule has 0 saturated heterocycles. The van der Waals surface area contributed by atoms with E-state index < -0.39 is 5.97 Å². The molecular formula is C11H13BrO2. The van der Waals surface area contributed by atoms with E-state index in [0.29, 0.717) is 5.56 Å². The van der Waals surface area contributed by atoms with Crippen LogP contribution in [0.5, 0.6) is 0 Å². The second-order valence-electron chi connectivity index (χ2n) is 3.49. The summed E-state index contributed by atoms with van der Waals surface area (Å²) in [5, 5.41) is 9.07. The van der Waals surface area contributed by atoms with Crippen LogP contribution in [-0.2, 0) is 0 Å². The van der Waals surface area contributed by atoms with Gasteiger partial charge < -0.3 is 5.11 Å². The summed E-state index contributed by atoms with van der Waals surface area (Å²) in [6.45, 7) is 7.54. The fraction of sp³-hybridized carbons (Fsp3) is 0.364. The highest BCUT2D eigenvalue weighted by Crippen LogP contribution is 2.30. The van der Waals surface area contributed by atoms with E-state index in [9.17, 15) is 4.79 Å². The summed E-state index contributed by atoms with van der Waals surface area (Å²) < 4.78 is 1.01. The molecule has 14 heavy (non-hydrogen) atoms. The Bertz CT molecular complexity index is 379. The van der Waals surface area contributed by atoms with E-state index >= 15 is 0 Å². The third-order valence-corrected chi connectivity index (χ3v) is 3.94. The van der Waals surface area contributed by atoms with Crippen LogP contribution >= 0.6 is 15.9 Å². The van der Waals surface area contributed by atoms with E-state index in [1.807, 2.05) is 27.7 Å². The molecule has 0 heterocycles. The Morgan fingerprint density at radius 1 is 1.00 bits per heavy atom. The van der Waals surface area contributed by atoms with Crippen LogP contribution in [-0.4, -0.2) is 11.1 Å². The van der Waals surface area contributed by atoms with Gasteiger partial charge in [-0.3, -0.25) is 0 Å². The molecule has 0 saturated carbocycles. The second kappa shape index (κ2) is 3.73. The van der Waals surface area contributed by atoms with Crippen LogP contribution in [0.15, 0.2) is 4.47 Å². The normalized spacial score (nSPS) is 10.4. The number of carbonyl (C=O) groups is 1. The van der Waals surface area contributed by atoms with Crippen molar-refractivity contribution in [1.82, 2.24) is 0 Å². The van der Waals surface area contributed by atoms with Crippen molar-refractivity contribution in [2.45, 2.75) is 27.7 Å². The predicted molar refractivity (Wildman–Crippen MR) is 60.0 cm³/mol. The van der Waals surface area contributed by atoms with Gasteiger partial charge in [-0.25, -0.2) is 4.79 Å². The van der Waals surface area contributed by atoms with Crippen molar-refractivity contribution in [2.24, 2.45) is 0 Å². The minimum Gasteiger partial charge on any atom is -0.478 e. The molecule has 0 aromatic heterocycles. The van der Waals surface area contributed by atoms with Crippen LogP contribution < -0.4 is 0 Å². The Hall–Kier alpha value is -0.830. The Labute approximate surface area is 92.1 Å². The molecule has 76 valence electrons. The lowest BCUT2D eigenvalue weighted by Crippen LogP contribution is -2.07. The lowest BCUT2D eigenvalue weighted by atomic mass is 9.94. The first-order valence-electron chi connectivity index (χ1n) is 4.37. The number of carboxylic acids is 1. The zero-order chi connectivity index (χ0) is 11.0. The number of hydrogen-bond donors (Lipinski definition) is 1. The van der Waals surface area contributed by atoms with Crippen molar-refractivity contribution >= 4 is 21.9 Å². The van der Waals surface area contributed by atoms with Crippen LogP contribution in [0.25, 0.3) is 0 Å². The predicted octanol–water partition coefficient (Wildman–Crippen LogP) is 3.38. The SMILES string of the molecule is Cc1c(C)c(C(=O)O)c(C)c(C)c1Br. The fourth-order valence-corrected chi connectivity index (χ4v) is 2.18. The molecule has 0 spiro atoms. The van der Waals surface area contributed by atoms with E-state index in [4.69, 9.17) is 5.11 Å². The molecule has 3 heteroatoms. The number of carboxylic acid groups (broad SMARTS) is 1. The van der Waals surface area contributed by atoms with E-state index in [2.05, 4.69) is 15.9 Å². The topological polar surface area (TPSA) is 37.3 Å². The van der Waals surface area contributed by atoms with Crippen LogP contribution in [0.1, 0.15) is 32.6 Å². The van der Waals surface area contributed by atoms with Crippen molar-refractivity contribution in [3.05, 3.63) is 32.3 Å². The van der Waals surface area contributed by atoms with Crippen LogP contribution in [0.2, 0.25) is 0 Å². The summed E-state index contributed by atoms with van der Waals surface area (Å²) in [7, 11) is 0. The quantitative estimate of drug-likeness (QED) is 0.837. The molecule has 1 aromatic carbocycles. The van der Waals surface area contributed by atoms with Crippen molar-refractivity contribution < 1.29 is 9.90 Å². The largest absolute Gasteiger partial charge is 0.478 e. The van der Waals surface area contributed by atoms with Crippen molar-refractivity contribution in [3.63, 3.8) is 0 Å². The molecule has 0 radical (unpaired) electrons.